The number of nitrogens with one attached hydrogen (secondary N) is 1. The van der Waals surface area contributed by atoms with Crippen LogP contribution in [-0.2, 0) is 0 Å². The third-order valence-electron chi connectivity index (χ3n) is 3.25. The molecule has 3 nitrogen and oxygen atoms in total. The van der Waals surface area contributed by atoms with Crippen molar-refractivity contribution in [3.63, 3.8) is 0 Å². The monoisotopic (exact) mass is 295 g/mol. The van der Waals surface area contributed by atoms with Crippen LogP contribution >= 0.6 is 11.3 Å². The van der Waals surface area contributed by atoms with Crippen molar-refractivity contribution in [1.29, 1.82) is 0 Å². The van der Waals surface area contributed by atoms with E-state index in [0.29, 0.717) is 0 Å². The van der Waals surface area contributed by atoms with Crippen molar-refractivity contribution >= 4 is 17.2 Å². The molecular formula is C17H17N3S. The van der Waals surface area contributed by atoms with Gasteiger partial charge in [0.1, 0.15) is 5.82 Å². The minimum Gasteiger partial charge on any atom is -0.370 e. The van der Waals surface area contributed by atoms with Crippen molar-refractivity contribution in [3.05, 3.63) is 52.7 Å². The van der Waals surface area contributed by atoms with Crippen LogP contribution in [0.1, 0.15) is 12.5 Å². The van der Waals surface area contributed by atoms with Gasteiger partial charge in [0, 0.05) is 29.1 Å². The molecule has 0 unspecified atom stereocenters. The molecule has 0 aliphatic rings. The first-order chi connectivity index (χ1) is 10.3. The zero-order valence-corrected chi connectivity index (χ0v) is 12.9. The van der Waals surface area contributed by atoms with Crippen molar-refractivity contribution in [3.8, 4) is 22.6 Å². The molecule has 4 heteroatoms. The first kappa shape index (κ1) is 13.8. The van der Waals surface area contributed by atoms with Crippen LogP contribution in [-0.4, -0.2) is 16.5 Å². The quantitative estimate of drug-likeness (QED) is 0.763. The van der Waals surface area contributed by atoms with Crippen LogP contribution in [0.5, 0.6) is 0 Å². The highest BCUT2D eigenvalue weighted by Gasteiger charge is 2.10. The Hall–Kier alpha value is -2.20. The summed E-state index contributed by atoms with van der Waals surface area (Å²) in [5.41, 5.74) is 4.37. The van der Waals surface area contributed by atoms with Crippen molar-refractivity contribution < 1.29 is 0 Å². The Morgan fingerprint density at radius 1 is 1.10 bits per heavy atom. The van der Waals surface area contributed by atoms with Gasteiger partial charge in [-0.2, -0.15) is 11.3 Å². The zero-order valence-electron chi connectivity index (χ0n) is 12.1. The lowest BCUT2D eigenvalue weighted by atomic mass is 10.1. The van der Waals surface area contributed by atoms with Gasteiger partial charge in [0.25, 0.3) is 0 Å². The number of nitrogens with zero attached hydrogens (tertiary/aromatic N) is 2. The first-order valence-corrected chi connectivity index (χ1v) is 7.93. The van der Waals surface area contributed by atoms with Crippen molar-refractivity contribution in [2.45, 2.75) is 13.8 Å². The van der Waals surface area contributed by atoms with E-state index in [1.54, 1.807) is 11.3 Å². The Morgan fingerprint density at radius 3 is 2.57 bits per heavy atom. The zero-order chi connectivity index (χ0) is 14.7. The van der Waals surface area contributed by atoms with E-state index in [4.69, 9.17) is 4.98 Å². The second kappa shape index (κ2) is 6.06. The van der Waals surface area contributed by atoms with Crippen molar-refractivity contribution in [2.75, 3.05) is 11.9 Å². The predicted molar refractivity (Wildman–Crippen MR) is 89.7 cm³/mol. The van der Waals surface area contributed by atoms with Gasteiger partial charge >= 0.3 is 0 Å². The van der Waals surface area contributed by atoms with E-state index >= 15 is 0 Å². The first-order valence-electron chi connectivity index (χ1n) is 6.99. The summed E-state index contributed by atoms with van der Waals surface area (Å²) >= 11 is 1.68. The van der Waals surface area contributed by atoms with Gasteiger partial charge < -0.3 is 5.32 Å². The van der Waals surface area contributed by atoms with E-state index < -0.39 is 0 Å². The predicted octanol–water partition coefficient (Wildman–Crippen LogP) is 4.61. The van der Waals surface area contributed by atoms with Crippen LogP contribution in [0.2, 0.25) is 0 Å². The fraction of sp³-hybridized carbons (Fsp3) is 0.176. The van der Waals surface area contributed by atoms with Gasteiger partial charge in [0.15, 0.2) is 5.82 Å². The lowest BCUT2D eigenvalue weighted by Crippen LogP contribution is -2.02. The molecule has 0 amide bonds. The number of aromatic nitrogens is 2. The molecule has 106 valence electrons. The largest absolute Gasteiger partial charge is 0.370 e. The maximum absolute atomic E-state index is 4.74. The molecule has 0 radical (unpaired) electrons. The van der Waals surface area contributed by atoms with Crippen LogP contribution < -0.4 is 5.32 Å². The van der Waals surface area contributed by atoms with Gasteiger partial charge in [0.2, 0.25) is 0 Å². The molecule has 0 aliphatic heterocycles. The summed E-state index contributed by atoms with van der Waals surface area (Å²) in [6, 6.07) is 12.2. The van der Waals surface area contributed by atoms with Gasteiger partial charge in [0.05, 0.1) is 5.69 Å². The Morgan fingerprint density at radius 2 is 1.90 bits per heavy atom. The molecule has 0 saturated heterocycles. The van der Waals surface area contributed by atoms with E-state index in [-0.39, 0.29) is 0 Å². The van der Waals surface area contributed by atoms with E-state index in [1.807, 2.05) is 24.3 Å². The number of rotatable bonds is 4. The molecule has 0 bridgehead atoms. The van der Waals surface area contributed by atoms with Gasteiger partial charge in [-0.3, -0.25) is 0 Å². The minimum atomic E-state index is 0.783. The van der Waals surface area contributed by atoms with Crippen LogP contribution in [0.15, 0.2) is 47.2 Å². The highest BCUT2D eigenvalue weighted by molar-refractivity contribution is 7.08. The van der Waals surface area contributed by atoms with E-state index in [1.165, 1.54) is 5.56 Å². The van der Waals surface area contributed by atoms with Gasteiger partial charge in [-0.15, -0.1) is 0 Å². The Bertz CT molecular complexity index is 735. The number of anilines is 1. The summed E-state index contributed by atoms with van der Waals surface area (Å²) in [6.07, 6.45) is 0. The maximum Gasteiger partial charge on any atom is 0.163 e. The van der Waals surface area contributed by atoms with Gasteiger partial charge in [-0.25, -0.2) is 9.97 Å². The molecule has 3 aromatic rings. The molecule has 2 heterocycles. The van der Waals surface area contributed by atoms with Crippen LogP contribution in [0.3, 0.4) is 0 Å². The molecule has 2 aromatic heterocycles. The smallest absolute Gasteiger partial charge is 0.163 e. The van der Waals surface area contributed by atoms with Crippen molar-refractivity contribution in [2.24, 2.45) is 0 Å². The number of benzene rings is 1. The molecule has 0 fully saturated rings. The highest BCUT2D eigenvalue weighted by atomic mass is 32.1. The second-order valence-electron chi connectivity index (χ2n) is 4.83. The summed E-state index contributed by atoms with van der Waals surface area (Å²) in [5.74, 6) is 1.65. The lowest BCUT2D eigenvalue weighted by molar-refractivity contribution is 1.12. The summed E-state index contributed by atoms with van der Waals surface area (Å²) < 4.78 is 0. The number of hydrogen-bond acceptors (Lipinski definition) is 4. The van der Waals surface area contributed by atoms with E-state index in [9.17, 15) is 0 Å². The summed E-state index contributed by atoms with van der Waals surface area (Å²) in [4.78, 5) is 9.38. The molecule has 0 aliphatic carbocycles. The third kappa shape index (κ3) is 2.95. The van der Waals surface area contributed by atoms with Gasteiger partial charge in [-0.05, 0) is 24.8 Å². The Labute approximate surface area is 128 Å². The van der Waals surface area contributed by atoms with Crippen molar-refractivity contribution in [1.82, 2.24) is 9.97 Å². The molecular weight excluding hydrogens is 278 g/mol. The molecule has 21 heavy (non-hydrogen) atoms. The number of hydrogen-bond donors (Lipinski definition) is 1. The van der Waals surface area contributed by atoms with Gasteiger partial charge in [-0.1, -0.05) is 30.3 Å². The topological polar surface area (TPSA) is 37.8 Å². The lowest BCUT2D eigenvalue weighted by Gasteiger charge is -2.09. The third-order valence-corrected chi connectivity index (χ3v) is 4.11. The number of aryl methyl sites for hydroxylation is 1. The Balaban J connectivity index is 2.13. The summed E-state index contributed by atoms with van der Waals surface area (Å²) in [5, 5.41) is 7.52. The fourth-order valence-electron chi connectivity index (χ4n) is 2.19. The molecule has 1 N–H and O–H groups in total. The average molecular weight is 295 g/mol. The minimum absolute atomic E-state index is 0.783. The molecule has 1 aromatic carbocycles. The van der Waals surface area contributed by atoms with Crippen LogP contribution in [0, 0.1) is 6.92 Å². The molecule has 0 atom stereocenters. The molecule has 3 rings (SSSR count). The normalized spacial score (nSPS) is 10.6. The fourth-order valence-corrected chi connectivity index (χ4v) is 3.01. The number of thiophene rings is 1. The summed E-state index contributed by atoms with van der Waals surface area (Å²) in [6.45, 7) is 5.00. The van der Waals surface area contributed by atoms with E-state index in [0.717, 1.165) is 35.0 Å². The SMILES string of the molecule is CCNc1cc(-c2ccccc2)nc(-c2cscc2C)n1. The van der Waals surface area contributed by atoms with Crippen LogP contribution in [0.4, 0.5) is 5.82 Å². The Kier molecular flexibility index (Phi) is 3.97. The van der Waals surface area contributed by atoms with E-state index in [2.05, 4.69) is 47.0 Å². The average Bonchev–Trinajstić information content (AvgIpc) is 2.94. The maximum atomic E-state index is 4.74. The summed E-state index contributed by atoms with van der Waals surface area (Å²) in [7, 11) is 0. The van der Waals surface area contributed by atoms with Crippen LogP contribution in [0.25, 0.3) is 22.6 Å². The highest BCUT2D eigenvalue weighted by Crippen LogP contribution is 2.28. The second-order valence-corrected chi connectivity index (χ2v) is 5.57. The standard InChI is InChI=1S/C17H17N3S/c1-3-18-16-9-15(13-7-5-4-6-8-13)19-17(20-16)14-11-21-10-12(14)2/h4-11H,3H2,1-2H3,(H,18,19,20). The molecule has 0 saturated carbocycles. The molecule has 0 spiro atoms.